The Morgan fingerprint density at radius 1 is 1.83 bits per heavy atom. The predicted octanol–water partition coefficient (Wildman–Crippen LogP) is 0.850. The lowest BCUT2D eigenvalue weighted by Crippen LogP contribution is -2.04. The molecule has 4 nitrogen and oxygen atoms in total. The second kappa shape index (κ2) is 3.88. The van der Waals surface area contributed by atoms with Crippen molar-refractivity contribution < 1.29 is 5.11 Å². The van der Waals surface area contributed by atoms with Gasteiger partial charge in [0.05, 0.1) is 31.3 Å². The summed E-state index contributed by atoms with van der Waals surface area (Å²) in [5.41, 5.74) is 0.778. The molecule has 0 amide bonds. The Morgan fingerprint density at radius 2 is 2.58 bits per heavy atom. The summed E-state index contributed by atoms with van der Waals surface area (Å²) < 4.78 is 1.69. The summed E-state index contributed by atoms with van der Waals surface area (Å²) >= 11 is 0. The third-order valence-electron chi connectivity index (χ3n) is 1.68. The largest absolute Gasteiger partial charge is 0.392 e. The van der Waals surface area contributed by atoms with E-state index in [0.29, 0.717) is 6.42 Å². The maximum atomic E-state index is 8.74. The lowest BCUT2D eigenvalue weighted by atomic mass is 10.2. The molecule has 0 aliphatic carbocycles. The SMILES string of the molecule is CC(CC#N)n1cc(CO)cn1. The highest BCUT2D eigenvalue weighted by Gasteiger charge is 2.04. The number of hydrogen-bond acceptors (Lipinski definition) is 3. The molecule has 0 aliphatic heterocycles. The van der Waals surface area contributed by atoms with E-state index in [1.807, 2.05) is 6.92 Å². The summed E-state index contributed by atoms with van der Waals surface area (Å²) in [4.78, 5) is 0. The van der Waals surface area contributed by atoms with Crippen LogP contribution in [0.1, 0.15) is 24.9 Å². The van der Waals surface area contributed by atoms with Crippen molar-refractivity contribution in [2.24, 2.45) is 0 Å². The van der Waals surface area contributed by atoms with Crippen LogP contribution in [0, 0.1) is 11.3 Å². The van der Waals surface area contributed by atoms with Gasteiger partial charge < -0.3 is 5.11 Å². The van der Waals surface area contributed by atoms with Crippen molar-refractivity contribution in [3.63, 3.8) is 0 Å². The lowest BCUT2D eigenvalue weighted by molar-refractivity contribution is 0.281. The lowest BCUT2D eigenvalue weighted by Gasteiger charge is -2.05. The molecule has 0 saturated carbocycles. The van der Waals surface area contributed by atoms with Crippen LogP contribution in [0.25, 0.3) is 0 Å². The molecule has 0 aliphatic rings. The third kappa shape index (κ3) is 1.83. The topological polar surface area (TPSA) is 61.8 Å². The van der Waals surface area contributed by atoms with Crippen LogP contribution >= 0.6 is 0 Å². The van der Waals surface area contributed by atoms with E-state index in [2.05, 4.69) is 11.2 Å². The Morgan fingerprint density at radius 3 is 3.08 bits per heavy atom. The van der Waals surface area contributed by atoms with Crippen molar-refractivity contribution in [3.8, 4) is 6.07 Å². The highest BCUT2D eigenvalue weighted by atomic mass is 16.3. The van der Waals surface area contributed by atoms with Crippen molar-refractivity contribution in [1.29, 1.82) is 5.26 Å². The standard InChI is InChI=1S/C8H11N3O/c1-7(2-3-9)11-5-8(6-12)4-10-11/h4-5,7,12H,2,6H2,1H3. The van der Waals surface area contributed by atoms with Crippen LogP contribution < -0.4 is 0 Å². The molecule has 0 bridgehead atoms. The number of nitriles is 1. The second-order valence-electron chi connectivity index (χ2n) is 2.70. The molecule has 4 heteroatoms. The van der Waals surface area contributed by atoms with E-state index in [1.54, 1.807) is 17.1 Å². The van der Waals surface area contributed by atoms with Gasteiger partial charge in [-0.1, -0.05) is 0 Å². The zero-order valence-corrected chi connectivity index (χ0v) is 6.94. The van der Waals surface area contributed by atoms with Gasteiger partial charge in [0.2, 0.25) is 0 Å². The first-order valence-corrected chi connectivity index (χ1v) is 3.78. The molecule has 1 aromatic heterocycles. The van der Waals surface area contributed by atoms with E-state index in [4.69, 9.17) is 10.4 Å². The molecule has 0 radical (unpaired) electrons. The van der Waals surface area contributed by atoms with Gasteiger partial charge in [-0.05, 0) is 6.92 Å². The fraction of sp³-hybridized carbons (Fsp3) is 0.500. The molecule has 1 atom stereocenters. The highest BCUT2D eigenvalue weighted by Crippen LogP contribution is 2.09. The summed E-state index contributed by atoms with van der Waals surface area (Å²) in [7, 11) is 0. The van der Waals surface area contributed by atoms with Crippen LogP contribution in [0.3, 0.4) is 0 Å². The molecule has 64 valence electrons. The van der Waals surface area contributed by atoms with Crippen molar-refractivity contribution in [1.82, 2.24) is 9.78 Å². The molecule has 12 heavy (non-hydrogen) atoms. The van der Waals surface area contributed by atoms with Gasteiger partial charge in [-0.3, -0.25) is 4.68 Å². The van der Waals surface area contributed by atoms with Gasteiger partial charge in [0, 0.05) is 11.8 Å². The van der Waals surface area contributed by atoms with Gasteiger partial charge >= 0.3 is 0 Å². The monoisotopic (exact) mass is 165 g/mol. The first-order valence-electron chi connectivity index (χ1n) is 3.78. The second-order valence-corrected chi connectivity index (χ2v) is 2.70. The zero-order valence-electron chi connectivity index (χ0n) is 6.94. The number of hydrogen-bond donors (Lipinski definition) is 1. The van der Waals surface area contributed by atoms with E-state index < -0.39 is 0 Å². The molecular formula is C8H11N3O. The number of rotatable bonds is 3. The maximum absolute atomic E-state index is 8.74. The number of aliphatic hydroxyl groups excluding tert-OH is 1. The normalized spacial score (nSPS) is 12.4. The van der Waals surface area contributed by atoms with E-state index >= 15 is 0 Å². The van der Waals surface area contributed by atoms with Gasteiger partial charge in [-0.25, -0.2) is 0 Å². The van der Waals surface area contributed by atoms with E-state index in [9.17, 15) is 0 Å². The van der Waals surface area contributed by atoms with Crippen LogP contribution in [-0.2, 0) is 6.61 Å². The highest BCUT2D eigenvalue weighted by molar-refractivity contribution is 5.02. The smallest absolute Gasteiger partial charge is 0.0712 e. The number of aromatic nitrogens is 2. The molecular weight excluding hydrogens is 154 g/mol. The van der Waals surface area contributed by atoms with Crippen molar-refractivity contribution in [2.75, 3.05) is 0 Å². The first-order chi connectivity index (χ1) is 5.77. The summed E-state index contributed by atoms with van der Waals surface area (Å²) in [5, 5.41) is 21.2. The molecule has 1 N–H and O–H groups in total. The van der Waals surface area contributed by atoms with Gasteiger partial charge in [0.1, 0.15) is 0 Å². The van der Waals surface area contributed by atoms with Crippen LogP contribution in [0.4, 0.5) is 0 Å². The van der Waals surface area contributed by atoms with Crippen LogP contribution in [0.2, 0.25) is 0 Å². The molecule has 1 aromatic rings. The summed E-state index contributed by atoms with van der Waals surface area (Å²) in [5.74, 6) is 0. The van der Waals surface area contributed by atoms with E-state index in [1.165, 1.54) is 0 Å². The molecule has 0 spiro atoms. The van der Waals surface area contributed by atoms with Crippen LogP contribution in [0.15, 0.2) is 12.4 Å². The fourth-order valence-corrected chi connectivity index (χ4v) is 0.926. The molecule has 0 fully saturated rings. The quantitative estimate of drug-likeness (QED) is 0.722. The minimum atomic E-state index is -0.000721. The molecule has 0 aromatic carbocycles. The molecule has 1 heterocycles. The molecule has 1 unspecified atom stereocenters. The first kappa shape index (κ1) is 8.75. The van der Waals surface area contributed by atoms with Gasteiger partial charge in [0.25, 0.3) is 0 Å². The van der Waals surface area contributed by atoms with Gasteiger partial charge in [-0.15, -0.1) is 0 Å². The van der Waals surface area contributed by atoms with E-state index in [-0.39, 0.29) is 12.6 Å². The van der Waals surface area contributed by atoms with Crippen LogP contribution in [0.5, 0.6) is 0 Å². The fourth-order valence-electron chi connectivity index (χ4n) is 0.926. The number of nitrogens with zero attached hydrogens (tertiary/aromatic N) is 3. The Balaban J connectivity index is 2.69. The predicted molar refractivity (Wildman–Crippen MR) is 43.1 cm³/mol. The van der Waals surface area contributed by atoms with Crippen molar-refractivity contribution in [2.45, 2.75) is 26.0 Å². The average molecular weight is 165 g/mol. The summed E-state index contributed by atoms with van der Waals surface area (Å²) in [6.45, 7) is 1.91. The van der Waals surface area contributed by atoms with Gasteiger partial charge in [-0.2, -0.15) is 10.4 Å². The summed E-state index contributed by atoms with van der Waals surface area (Å²) in [6, 6.07) is 2.15. The molecule has 1 rings (SSSR count). The maximum Gasteiger partial charge on any atom is 0.0712 e. The summed E-state index contributed by atoms with van der Waals surface area (Å²) in [6.07, 6.45) is 3.79. The minimum Gasteiger partial charge on any atom is -0.392 e. The Kier molecular flexibility index (Phi) is 2.83. The zero-order chi connectivity index (χ0) is 8.97. The third-order valence-corrected chi connectivity index (χ3v) is 1.68. The number of aliphatic hydroxyl groups is 1. The van der Waals surface area contributed by atoms with Crippen molar-refractivity contribution in [3.05, 3.63) is 18.0 Å². The van der Waals surface area contributed by atoms with Crippen LogP contribution in [-0.4, -0.2) is 14.9 Å². The molecule has 0 saturated heterocycles. The van der Waals surface area contributed by atoms with Gasteiger partial charge in [0.15, 0.2) is 0 Å². The Hall–Kier alpha value is -1.34. The van der Waals surface area contributed by atoms with E-state index in [0.717, 1.165) is 5.56 Å². The minimum absolute atomic E-state index is 0.000721. The average Bonchev–Trinajstić information content (AvgIpc) is 2.52. The Bertz CT molecular complexity index is 287. The Labute approximate surface area is 71.1 Å². The van der Waals surface area contributed by atoms with Crippen molar-refractivity contribution >= 4 is 0 Å².